The van der Waals surface area contributed by atoms with Gasteiger partial charge in [0.25, 0.3) is 0 Å². The molecule has 0 saturated heterocycles. The molecule has 0 bridgehead atoms. The highest BCUT2D eigenvalue weighted by molar-refractivity contribution is 5.97. The number of carbonyl (C=O) groups excluding carboxylic acids is 1. The lowest BCUT2D eigenvalue weighted by molar-refractivity contribution is -0.116. The SMILES string of the molecule is CCOCCCNC(=O)/C=C(\C)c1cc2c(C)coc2cc1OCC. The molecule has 0 radical (unpaired) electrons. The highest BCUT2D eigenvalue weighted by Crippen LogP contribution is 2.33. The Labute approximate surface area is 149 Å². The normalized spacial score (nSPS) is 11.8. The molecule has 0 saturated carbocycles. The van der Waals surface area contributed by atoms with E-state index < -0.39 is 0 Å². The van der Waals surface area contributed by atoms with Gasteiger partial charge in [-0.2, -0.15) is 0 Å². The second-order valence-corrected chi connectivity index (χ2v) is 5.87. The Morgan fingerprint density at radius 2 is 2.08 bits per heavy atom. The third-order valence-corrected chi connectivity index (χ3v) is 3.91. The van der Waals surface area contributed by atoms with Crippen LogP contribution < -0.4 is 10.1 Å². The quantitative estimate of drug-likeness (QED) is 0.549. The molecule has 1 heterocycles. The van der Waals surface area contributed by atoms with Crippen molar-refractivity contribution in [3.8, 4) is 5.75 Å². The standard InChI is InChI=1S/C20H27NO4/c1-5-23-9-7-8-21-20(22)10-14(3)16-11-17-15(4)13-25-19(17)12-18(16)24-6-2/h10-13H,5-9H2,1-4H3,(H,21,22)/b14-10+. The average molecular weight is 345 g/mol. The van der Waals surface area contributed by atoms with Crippen molar-refractivity contribution in [1.29, 1.82) is 0 Å². The molecule has 1 N–H and O–H groups in total. The topological polar surface area (TPSA) is 60.7 Å². The summed E-state index contributed by atoms with van der Waals surface area (Å²) in [6, 6.07) is 3.91. The van der Waals surface area contributed by atoms with Gasteiger partial charge in [-0.1, -0.05) is 0 Å². The number of hydrogen-bond acceptors (Lipinski definition) is 4. The summed E-state index contributed by atoms with van der Waals surface area (Å²) in [5.41, 5.74) is 3.61. The molecule has 1 aromatic carbocycles. The summed E-state index contributed by atoms with van der Waals surface area (Å²) in [5, 5.41) is 3.91. The van der Waals surface area contributed by atoms with Crippen LogP contribution in [-0.2, 0) is 9.53 Å². The van der Waals surface area contributed by atoms with Crippen molar-refractivity contribution in [1.82, 2.24) is 5.32 Å². The van der Waals surface area contributed by atoms with Gasteiger partial charge in [0.2, 0.25) is 5.91 Å². The summed E-state index contributed by atoms with van der Waals surface area (Å²) in [4.78, 5) is 12.1. The molecule has 1 amide bonds. The molecule has 5 heteroatoms. The fraction of sp³-hybridized carbons (Fsp3) is 0.450. The number of ether oxygens (including phenoxy) is 2. The van der Waals surface area contributed by atoms with Gasteiger partial charge in [0.1, 0.15) is 11.3 Å². The number of aryl methyl sites for hydroxylation is 1. The van der Waals surface area contributed by atoms with Crippen LogP contribution in [0.25, 0.3) is 16.5 Å². The minimum absolute atomic E-state index is 0.111. The smallest absolute Gasteiger partial charge is 0.244 e. The number of fused-ring (bicyclic) bond motifs is 1. The molecule has 0 unspecified atom stereocenters. The minimum Gasteiger partial charge on any atom is -0.493 e. The highest BCUT2D eigenvalue weighted by atomic mass is 16.5. The molecule has 136 valence electrons. The van der Waals surface area contributed by atoms with Crippen molar-refractivity contribution in [2.75, 3.05) is 26.4 Å². The summed E-state index contributed by atoms with van der Waals surface area (Å²) >= 11 is 0. The van der Waals surface area contributed by atoms with Gasteiger partial charge in [0, 0.05) is 42.9 Å². The van der Waals surface area contributed by atoms with Gasteiger partial charge in [-0.15, -0.1) is 0 Å². The maximum Gasteiger partial charge on any atom is 0.244 e. The summed E-state index contributed by atoms with van der Waals surface area (Å²) < 4.78 is 16.5. The number of furan rings is 1. The number of rotatable bonds is 9. The zero-order valence-corrected chi connectivity index (χ0v) is 15.5. The van der Waals surface area contributed by atoms with Crippen LogP contribution in [0.3, 0.4) is 0 Å². The van der Waals surface area contributed by atoms with Gasteiger partial charge in [-0.25, -0.2) is 0 Å². The maximum absolute atomic E-state index is 12.1. The Kier molecular flexibility index (Phi) is 7.07. The lowest BCUT2D eigenvalue weighted by Crippen LogP contribution is -2.23. The van der Waals surface area contributed by atoms with Crippen LogP contribution in [-0.4, -0.2) is 32.3 Å². The molecular weight excluding hydrogens is 318 g/mol. The van der Waals surface area contributed by atoms with E-state index in [-0.39, 0.29) is 5.91 Å². The van der Waals surface area contributed by atoms with Crippen molar-refractivity contribution in [2.24, 2.45) is 0 Å². The van der Waals surface area contributed by atoms with E-state index in [1.165, 1.54) is 0 Å². The lowest BCUT2D eigenvalue weighted by Gasteiger charge is -2.11. The molecule has 0 aliphatic rings. The van der Waals surface area contributed by atoms with Crippen molar-refractivity contribution in [2.45, 2.75) is 34.1 Å². The van der Waals surface area contributed by atoms with Crippen LogP contribution in [0, 0.1) is 6.92 Å². The first-order valence-electron chi connectivity index (χ1n) is 8.75. The Bertz CT molecular complexity index is 745. The summed E-state index contributed by atoms with van der Waals surface area (Å²) in [6.45, 7) is 10.3. The minimum atomic E-state index is -0.111. The number of allylic oxidation sites excluding steroid dienone is 1. The Morgan fingerprint density at radius 1 is 1.28 bits per heavy atom. The van der Waals surface area contributed by atoms with E-state index in [1.54, 1.807) is 12.3 Å². The monoisotopic (exact) mass is 345 g/mol. The molecule has 5 nitrogen and oxygen atoms in total. The summed E-state index contributed by atoms with van der Waals surface area (Å²) in [7, 11) is 0. The van der Waals surface area contributed by atoms with Crippen LogP contribution in [0.4, 0.5) is 0 Å². The molecule has 1 aromatic heterocycles. The first-order valence-corrected chi connectivity index (χ1v) is 8.75. The molecule has 0 aliphatic carbocycles. The molecule has 2 aromatic rings. The van der Waals surface area contributed by atoms with Crippen LogP contribution in [0.1, 0.15) is 38.3 Å². The summed E-state index contributed by atoms with van der Waals surface area (Å²) in [5.74, 6) is 0.614. The molecule has 0 fully saturated rings. The van der Waals surface area contributed by atoms with Gasteiger partial charge in [0.05, 0.1) is 12.9 Å². The predicted molar refractivity (Wildman–Crippen MR) is 99.9 cm³/mol. The third kappa shape index (κ3) is 5.10. The fourth-order valence-corrected chi connectivity index (χ4v) is 2.62. The van der Waals surface area contributed by atoms with Crippen LogP contribution >= 0.6 is 0 Å². The maximum atomic E-state index is 12.1. The number of nitrogens with one attached hydrogen (secondary N) is 1. The molecule has 0 atom stereocenters. The zero-order valence-electron chi connectivity index (χ0n) is 15.5. The van der Waals surface area contributed by atoms with Gasteiger partial charge >= 0.3 is 0 Å². The van der Waals surface area contributed by atoms with Crippen molar-refractivity contribution in [3.63, 3.8) is 0 Å². The first-order chi connectivity index (χ1) is 12.1. The molecule has 0 spiro atoms. The molecule has 25 heavy (non-hydrogen) atoms. The summed E-state index contributed by atoms with van der Waals surface area (Å²) in [6.07, 6.45) is 4.14. The Morgan fingerprint density at radius 3 is 2.80 bits per heavy atom. The zero-order chi connectivity index (χ0) is 18.2. The van der Waals surface area contributed by atoms with E-state index in [0.717, 1.165) is 39.8 Å². The number of amides is 1. The van der Waals surface area contributed by atoms with E-state index in [0.29, 0.717) is 26.4 Å². The van der Waals surface area contributed by atoms with Gasteiger partial charge < -0.3 is 19.2 Å². The highest BCUT2D eigenvalue weighted by Gasteiger charge is 2.12. The van der Waals surface area contributed by atoms with E-state index in [1.807, 2.05) is 39.8 Å². The lowest BCUT2D eigenvalue weighted by atomic mass is 10.0. The molecule has 2 rings (SSSR count). The van der Waals surface area contributed by atoms with E-state index in [4.69, 9.17) is 13.9 Å². The number of hydrogen-bond donors (Lipinski definition) is 1. The number of carbonyl (C=O) groups is 1. The Hall–Kier alpha value is -2.27. The van der Waals surface area contributed by atoms with Crippen LogP contribution in [0.15, 0.2) is 28.9 Å². The van der Waals surface area contributed by atoms with E-state index in [9.17, 15) is 4.79 Å². The number of benzene rings is 1. The first kappa shape index (κ1) is 19.1. The fourth-order valence-electron chi connectivity index (χ4n) is 2.62. The van der Waals surface area contributed by atoms with Crippen LogP contribution in [0.5, 0.6) is 5.75 Å². The van der Waals surface area contributed by atoms with Crippen molar-refractivity contribution >= 4 is 22.4 Å². The predicted octanol–water partition coefficient (Wildman–Crippen LogP) is 4.09. The van der Waals surface area contributed by atoms with E-state index >= 15 is 0 Å². The van der Waals surface area contributed by atoms with Gasteiger partial charge in [0.15, 0.2) is 0 Å². The second kappa shape index (κ2) is 9.28. The van der Waals surface area contributed by atoms with Gasteiger partial charge in [-0.3, -0.25) is 4.79 Å². The Balaban J connectivity index is 2.15. The van der Waals surface area contributed by atoms with Gasteiger partial charge in [-0.05, 0) is 51.3 Å². The molecule has 0 aliphatic heterocycles. The third-order valence-electron chi connectivity index (χ3n) is 3.91. The van der Waals surface area contributed by atoms with Crippen molar-refractivity contribution in [3.05, 3.63) is 35.6 Å². The second-order valence-electron chi connectivity index (χ2n) is 5.87. The average Bonchev–Trinajstić information content (AvgIpc) is 2.94. The van der Waals surface area contributed by atoms with Crippen molar-refractivity contribution < 1.29 is 18.7 Å². The van der Waals surface area contributed by atoms with Crippen LogP contribution in [0.2, 0.25) is 0 Å². The largest absolute Gasteiger partial charge is 0.493 e. The van der Waals surface area contributed by atoms with E-state index in [2.05, 4.69) is 5.32 Å². The molecular formula is C20H27NO4.